The third-order valence-electron chi connectivity index (χ3n) is 2.95. The molecule has 1 aromatic heterocycles. The number of hydrogen-bond donors (Lipinski definition) is 0. The topological polar surface area (TPSA) is 48.4 Å². The molecule has 1 saturated heterocycles. The van der Waals surface area contributed by atoms with Crippen LogP contribution in [0.2, 0.25) is 0 Å². The molecule has 1 aliphatic heterocycles. The van der Waals surface area contributed by atoms with Crippen LogP contribution >= 0.6 is 11.3 Å². The monoisotopic (exact) mass is 241 g/mol. The van der Waals surface area contributed by atoms with Gasteiger partial charge in [-0.3, -0.25) is 4.79 Å². The molecule has 0 saturated carbocycles. The van der Waals surface area contributed by atoms with Crippen LogP contribution in [0.15, 0.2) is 5.38 Å². The van der Waals surface area contributed by atoms with Crippen molar-refractivity contribution in [2.75, 3.05) is 20.3 Å². The van der Waals surface area contributed by atoms with Crippen molar-refractivity contribution in [2.45, 2.75) is 25.4 Å². The first-order valence-corrected chi connectivity index (χ1v) is 6.16. The molecule has 1 aromatic rings. The normalized spacial score (nSPS) is 19.6. The van der Waals surface area contributed by atoms with Crippen molar-refractivity contribution in [3.05, 3.63) is 16.1 Å². The highest BCUT2D eigenvalue weighted by molar-refractivity contribution is 7.10. The minimum atomic E-state index is -0.351. The van der Waals surface area contributed by atoms with Crippen molar-refractivity contribution in [1.82, 2.24) is 4.98 Å². The third kappa shape index (κ3) is 2.03. The fourth-order valence-corrected chi connectivity index (χ4v) is 2.95. The van der Waals surface area contributed by atoms with Crippen LogP contribution in [0, 0.1) is 0 Å². The average molecular weight is 241 g/mol. The Hall–Kier alpha value is -0.780. The number of thiazole rings is 1. The molecule has 0 N–H and O–H groups in total. The maximum Gasteiger partial charge on any atom is 0.178 e. The van der Waals surface area contributed by atoms with Gasteiger partial charge in [-0.25, -0.2) is 4.98 Å². The van der Waals surface area contributed by atoms with Gasteiger partial charge in [0.15, 0.2) is 5.78 Å². The summed E-state index contributed by atoms with van der Waals surface area (Å²) < 4.78 is 10.9. The summed E-state index contributed by atoms with van der Waals surface area (Å²) in [5.41, 5.74) is 0.180. The molecule has 2 heterocycles. The van der Waals surface area contributed by atoms with Crippen LogP contribution in [0.25, 0.3) is 0 Å². The molecule has 0 atom stereocenters. The second-order valence-corrected chi connectivity index (χ2v) is 4.76. The number of nitrogens with zero attached hydrogens (tertiary/aromatic N) is 1. The summed E-state index contributed by atoms with van der Waals surface area (Å²) in [7, 11) is 1.69. The van der Waals surface area contributed by atoms with Crippen LogP contribution in [0.4, 0.5) is 0 Å². The van der Waals surface area contributed by atoms with E-state index in [0.717, 1.165) is 17.8 Å². The average Bonchev–Trinajstić information content (AvgIpc) is 2.80. The van der Waals surface area contributed by atoms with Gasteiger partial charge >= 0.3 is 0 Å². The summed E-state index contributed by atoms with van der Waals surface area (Å²) in [6.45, 7) is 2.90. The molecular formula is C11H15NO3S. The summed E-state index contributed by atoms with van der Waals surface area (Å²) in [6.07, 6.45) is 1.60. The van der Waals surface area contributed by atoms with E-state index in [4.69, 9.17) is 9.47 Å². The van der Waals surface area contributed by atoms with E-state index in [-0.39, 0.29) is 11.4 Å². The molecule has 1 aliphatic rings. The Morgan fingerprint density at radius 3 is 2.75 bits per heavy atom. The standard InChI is InChI=1S/C11H15NO3S/c1-8(13)9-7-16-10(12-9)11(14-2)3-5-15-6-4-11/h7H,3-6H2,1-2H3. The largest absolute Gasteiger partial charge is 0.381 e. The Balaban J connectivity index is 2.28. The van der Waals surface area contributed by atoms with Crippen molar-refractivity contribution in [3.8, 4) is 0 Å². The highest BCUT2D eigenvalue weighted by atomic mass is 32.1. The van der Waals surface area contributed by atoms with Gasteiger partial charge in [0.2, 0.25) is 0 Å². The van der Waals surface area contributed by atoms with Crippen molar-refractivity contribution in [1.29, 1.82) is 0 Å². The molecular weight excluding hydrogens is 226 g/mol. The van der Waals surface area contributed by atoms with E-state index in [9.17, 15) is 4.79 Å². The van der Waals surface area contributed by atoms with E-state index in [1.54, 1.807) is 12.5 Å². The fraction of sp³-hybridized carbons (Fsp3) is 0.636. The van der Waals surface area contributed by atoms with Gasteiger partial charge in [-0.2, -0.15) is 0 Å². The smallest absolute Gasteiger partial charge is 0.178 e. The Labute approximate surface area is 98.6 Å². The van der Waals surface area contributed by atoms with Gasteiger partial charge in [0.25, 0.3) is 0 Å². The lowest BCUT2D eigenvalue weighted by atomic mass is 9.95. The zero-order valence-electron chi connectivity index (χ0n) is 9.49. The number of aromatic nitrogens is 1. The van der Waals surface area contributed by atoms with Gasteiger partial charge in [0.1, 0.15) is 16.3 Å². The van der Waals surface area contributed by atoms with Crippen LogP contribution in [-0.2, 0) is 15.1 Å². The number of carbonyl (C=O) groups is 1. The van der Waals surface area contributed by atoms with Crippen molar-refractivity contribution < 1.29 is 14.3 Å². The summed E-state index contributed by atoms with van der Waals surface area (Å²) in [5, 5.41) is 2.69. The minimum absolute atomic E-state index is 0.000752. The molecule has 88 valence electrons. The highest BCUT2D eigenvalue weighted by Crippen LogP contribution is 2.37. The van der Waals surface area contributed by atoms with Gasteiger partial charge < -0.3 is 9.47 Å². The Morgan fingerprint density at radius 1 is 1.56 bits per heavy atom. The SMILES string of the molecule is COC1(c2nc(C(C)=O)cs2)CCOCC1. The number of ketones is 1. The predicted molar refractivity (Wildman–Crippen MR) is 60.9 cm³/mol. The second kappa shape index (κ2) is 4.61. The van der Waals surface area contributed by atoms with Crippen molar-refractivity contribution in [3.63, 3.8) is 0 Å². The van der Waals surface area contributed by atoms with Gasteiger partial charge in [-0.1, -0.05) is 0 Å². The molecule has 0 amide bonds. The first-order chi connectivity index (χ1) is 7.68. The zero-order valence-corrected chi connectivity index (χ0v) is 10.3. The number of Topliss-reactive ketones (excluding diaryl/α,β-unsaturated/α-hetero) is 1. The fourth-order valence-electron chi connectivity index (χ4n) is 1.85. The van der Waals surface area contributed by atoms with E-state index in [1.165, 1.54) is 18.3 Å². The molecule has 0 spiro atoms. The van der Waals surface area contributed by atoms with E-state index < -0.39 is 0 Å². The van der Waals surface area contributed by atoms with Crippen LogP contribution in [0.1, 0.15) is 35.3 Å². The van der Waals surface area contributed by atoms with Crippen LogP contribution in [-0.4, -0.2) is 31.1 Å². The molecule has 0 radical (unpaired) electrons. The van der Waals surface area contributed by atoms with E-state index in [0.29, 0.717) is 18.9 Å². The predicted octanol–water partition coefficient (Wildman–Crippen LogP) is 2.00. The Morgan fingerprint density at radius 2 is 2.25 bits per heavy atom. The minimum Gasteiger partial charge on any atom is -0.381 e. The highest BCUT2D eigenvalue weighted by Gasteiger charge is 2.37. The lowest BCUT2D eigenvalue weighted by Crippen LogP contribution is -2.35. The maximum atomic E-state index is 11.2. The van der Waals surface area contributed by atoms with Crippen molar-refractivity contribution >= 4 is 17.1 Å². The molecule has 2 rings (SSSR count). The van der Waals surface area contributed by atoms with Gasteiger partial charge in [-0.05, 0) is 0 Å². The molecule has 16 heavy (non-hydrogen) atoms. The number of hydrogen-bond acceptors (Lipinski definition) is 5. The zero-order chi connectivity index (χ0) is 11.6. The second-order valence-electron chi connectivity index (χ2n) is 3.90. The van der Waals surface area contributed by atoms with Gasteiger partial charge in [0, 0.05) is 45.5 Å². The molecule has 4 nitrogen and oxygen atoms in total. The summed E-state index contributed by atoms with van der Waals surface area (Å²) >= 11 is 1.50. The lowest BCUT2D eigenvalue weighted by Gasteiger charge is -2.33. The van der Waals surface area contributed by atoms with Crippen LogP contribution in [0.3, 0.4) is 0 Å². The maximum absolute atomic E-state index is 11.2. The first-order valence-electron chi connectivity index (χ1n) is 5.28. The van der Waals surface area contributed by atoms with Crippen molar-refractivity contribution in [2.24, 2.45) is 0 Å². The molecule has 5 heteroatoms. The number of ether oxygens (including phenoxy) is 2. The Bertz CT molecular complexity index is 382. The van der Waals surface area contributed by atoms with E-state index in [1.807, 2.05) is 0 Å². The number of methoxy groups -OCH3 is 1. The Kier molecular flexibility index (Phi) is 3.37. The molecule has 0 aromatic carbocycles. The molecule has 0 unspecified atom stereocenters. The van der Waals surface area contributed by atoms with Crippen LogP contribution in [0.5, 0.6) is 0 Å². The van der Waals surface area contributed by atoms with E-state index in [2.05, 4.69) is 4.98 Å². The first kappa shape index (κ1) is 11.7. The quantitative estimate of drug-likeness (QED) is 0.759. The summed E-state index contributed by atoms with van der Waals surface area (Å²) in [6, 6.07) is 0. The lowest BCUT2D eigenvalue weighted by molar-refractivity contribution is -0.0948. The summed E-state index contributed by atoms with van der Waals surface area (Å²) in [4.78, 5) is 15.6. The number of carbonyl (C=O) groups excluding carboxylic acids is 1. The van der Waals surface area contributed by atoms with Gasteiger partial charge in [0.05, 0.1) is 0 Å². The van der Waals surface area contributed by atoms with Crippen LogP contribution < -0.4 is 0 Å². The molecule has 0 aliphatic carbocycles. The molecule has 1 fully saturated rings. The summed E-state index contributed by atoms with van der Waals surface area (Å²) in [5.74, 6) is 0.000752. The third-order valence-corrected chi connectivity index (χ3v) is 3.97. The number of rotatable bonds is 3. The van der Waals surface area contributed by atoms with Gasteiger partial charge in [-0.15, -0.1) is 11.3 Å². The van der Waals surface area contributed by atoms with E-state index >= 15 is 0 Å². The molecule has 0 bridgehead atoms.